The molecule has 0 aromatic heterocycles. The van der Waals surface area contributed by atoms with Gasteiger partial charge in [-0.2, -0.15) is 18.1 Å². The molecule has 1 saturated carbocycles. The van der Waals surface area contributed by atoms with Crippen LogP contribution in [0.1, 0.15) is 19.3 Å². The van der Waals surface area contributed by atoms with E-state index in [0.717, 1.165) is 6.42 Å². The predicted molar refractivity (Wildman–Crippen MR) is 43.5 cm³/mol. The lowest BCUT2D eigenvalue weighted by Gasteiger charge is -1.97. The molecule has 1 aliphatic carbocycles. The topological polar surface area (TPSA) is 96.3 Å². The van der Waals surface area contributed by atoms with Crippen molar-refractivity contribution in [2.24, 2.45) is 15.5 Å². The first-order valence-corrected chi connectivity index (χ1v) is 5.04. The van der Waals surface area contributed by atoms with Crippen LogP contribution in [0.2, 0.25) is 0 Å². The van der Waals surface area contributed by atoms with Gasteiger partial charge in [-0.05, 0) is 19.3 Å². The zero-order valence-electron chi connectivity index (χ0n) is 6.40. The van der Waals surface area contributed by atoms with Gasteiger partial charge in [-0.1, -0.05) is 0 Å². The maximum Gasteiger partial charge on any atom is 0.317 e. The SMILES string of the molecule is N#CC1CCCC1=NS(N)(=O)=O. The zero-order chi connectivity index (χ0) is 9.19. The van der Waals surface area contributed by atoms with Crippen LogP contribution in [-0.2, 0) is 10.2 Å². The van der Waals surface area contributed by atoms with Gasteiger partial charge in [0.25, 0.3) is 0 Å². The van der Waals surface area contributed by atoms with Crippen LogP contribution in [0.4, 0.5) is 0 Å². The Morgan fingerprint density at radius 3 is 2.83 bits per heavy atom. The van der Waals surface area contributed by atoms with Gasteiger partial charge in [0.1, 0.15) is 0 Å². The molecule has 0 bridgehead atoms. The molecule has 1 fully saturated rings. The molecule has 0 heterocycles. The molecule has 2 N–H and O–H groups in total. The fourth-order valence-corrected chi connectivity index (χ4v) is 1.79. The molecule has 1 aliphatic rings. The van der Waals surface area contributed by atoms with Crippen LogP contribution in [0, 0.1) is 17.2 Å². The van der Waals surface area contributed by atoms with Crippen molar-refractivity contribution in [3.63, 3.8) is 0 Å². The summed E-state index contributed by atoms with van der Waals surface area (Å²) in [7, 11) is -3.81. The number of nitrogens with zero attached hydrogens (tertiary/aromatic N) is 2. The van der Waals surface area contributed by atoms with Gasteiger partial charge in [0, 0.05) is 5.71 Å². The molecule has 0 amide bonds. The molecule has 0 saturated heterocycles. The van der Waals surface area contributed by atoms with Crippen LogP contribution >= 0.6 is 0 Å². The van der Waals surface area contributed by atoms with Gasteiger partial charge in [-0.15, -0.1) is 0 Å². The fraction of sp³-hybridized carbons (Fsp3) is 0.667. The molecule has 0 aliphatic heterocycles. The Hall–Kier alpha value is -0.930. The van der Waals surface area contributed by atoms with E-state index in [2.05, 4.69) is 4.40 Å². The molecular formula is C6H9N3O2S. The van der Waals surface area contributed by atoms with E-state index in [0.29, 0.717) is 18.6 Å². The highest BCUT2D eigenvalue weighted by molar-refractivity contribution is 7.88. The minimum absolute atomic E-state index is 0.358. The van der Waals surface area contributed by atoms with Gasteiger partial charge in [0.15, 0.2) is 0 Å². The Balaban J connectivity index is 2.90. The van der Waals surface area contributed by atoms with E-state index in [-0.39, 0.29) is 5.92 Å². The fourth-order valence-electron chi connectivity index (χ4n) is 1.24. The van der Waals surface area contributed by atoms with Crippen LogP contribution in [0.25, 0.3) is 0 Å². The summed E-state index contributed by atoms with van der Waals surface area (Å²) in [5, 5.41) is 13.3. The Labute approximate surface area is 71.1 Å². The van der Waals surface area contributed by atoms with E-state index in [4.69, 9.17) is 10.4 Å². The lowest BCUT2D eigenvalue weighted by molar-refractivity contribution is 0.599. The number of nitriles is 1. The van der Waals surface area contributed by atoms with Crippen LogP contribution < -0.4 is 5.14 Å². The highest BCUT2D eigenvalue weighted by atomic mass is 32.2. The normalized spacial score (nSPS) is 27.3. The van der Waals surface area contributed by atoms with Gasteiger partial charge in [0.2, 0.25) is 0 Å². The molecular weight excluding hydrogens is 178 g/mol. The Morgan fingerprint density at radius 2 is 2.33 bits per heavy atom. The van der Waals surface area contributed by atoms with Crippen molar-refractivity contribution < 1.29 is 8.42 Å². The second kappa shape index (κ2) is 3.21. The molecule has 1 unspecified atom stereocenters. The van der Waals surface area contributed by atoms with E-state index in [1.165, 1.54) is 0 Å². The summed E-state index contributed by atoms with van der Waals surface area (Å²) in [4.78, 5) is 0. The highest BCUT2D eigenvalue weighted by Crippen LogP contribution is 2.22. The minimum Gasteiger partial charge on any atom is -0.210 e. The van der Waals surface area contributed by atoms with Gasteiger partial charge < -0.3 is 0 Å². The molecule has 66 valence electrons. The van der Waals surface area contributed by atoms with E-state index in [1.54, 1.807) is 0 Å². The third-order valence-corrected chi connectivity index (χ3v) is 2.22. The zero-order valence-corrected chi connectivity index (χ0v) is 7.21. The first-order valence-electron chi connectivity index (χ1n) is 3.54. The summed E-state index contributed by atoms with van der Waals surface area (Å²) in [6, 6.07) is 1.99. The van der Waals surface area contributed by atoms with Crippen molar-refractivity contribution in [3.8, 4) is 6.07 Å². The third kappa shape index (κ3) is 2.29. The van der Waals surface area contributed by atoms with Crippen molar-refractivity contribution in [1.29, 1.82) is 5.26 Å². The summed E-state index contributed by atoms with van der Waals surface area (Å²) >= 11 is 0. The molecule has 6 heteroatoms. The van der Waals surface area contributed by atoms with E-state index in [1.807, 2.05) is 6.07 Å². The number of nitrogens with two attached hydrogens (primary N) is 1. The second-order valence-corrected chi connectivity index (χ2v) is 3.88. The monoisotopic (exact) mass is 187 g/mol. The van der Waals surface area contributed by atoms with Crippen molar-refractivity contribution in [1.82, 2.24) is 0 Å². The maximum absolute atomic E-state index is 10.5. The largest absolute Gasteiger partial charge is 0.317 e. The first kappa shape index (κ1) is 9.16. The molecule has 1 rings (SSSR count). The second-order valence-electron chi connectivity index (χ2n) is 2.67. The Morgan fingerprint density at radius 1 is 1.67 bits per heavy atom. The summed E-state index contributed by atoms with van der Waals surface area (Å²) in [6.07, 6.45) is 2.06. The van der Waals surface area contributed by atoms with Gasteiger partial charge in [-0.25, -0.2) is 5.14 Å². The van der Waals surface area contributed by atoms with Gasteiger partial charge >= 0.3 is 10.2 Å². The molecule has 0 spiro atoms. The average molecular weight is 187 g/mol. The van der Waals surface area contributed by atoms with E-state index in [9.17, 15) is 8.42 Å². The van der Waals surface area contributed by atoms with Crippen LogP contribution in [-0.4, -0.2) is 14.1 Å². The lowest BCUT2D eigenvalue weighted by atomic mass is 10.1. The molecule has 0 aromatic rings. The van der Waals surface area contributed by atoms with Gasteiger partial charge in [0.05, 0.1) is 12.0 Å². The molecule has 12 heavy (non-hydrogen) atoms. The van der Waals surface area contributed by atoms with Crippen molar-refractivity contribution in [2.45, 2.75) is 19.3 Å². The highest BCUT2D eigenvalue weighted by Gasteiger charge is 2.23. The molecule has 0 radical (unpaired) electrons. The molecule has 0 aromatic carbocycles. The predicted octanol–water partition coefficient (Wildman–Crippen LogP) is -0.0454. The van der Waals surface area contributed by atoms with E-state index >= 15 is 0 Å². The quantitative estimate of drug-likeness (QED) is 0.623. The summed E-state index contributed by atoms with van der Waals surface area (Å²) < 4.78 is 24.4. The first-order chi connectivity index (χ1) is 5.53. The summed E-state index contributed by atoms with van der Waals surface area (Å²) in [6.45, 7) is 0. The molecule has 5 nitrogen and oxygen atoms in total. The van der Waals surface area contributed by atoms with Crippen molar-refractivity contribution in [2.75, 3.05) is 0 Å². The average Bonchev–Trinajstić information content (AvgIpc) is 2.31. The smallest absolute Gasteiger partial charge is 0.210 e. The van der Waals surface area contributed by atoms with Crippen LogP contribution in [0.15, 0.2) is 4.40 Å². The maximum atomic E-state index is 10.5. The summed E-state index contributed by atoms with van der Waals surface area (Å²) in [5.74, 6) is -0.358. The lowest BCUT2D eigenvalue weighted by Crippen LogP contribution is -2.14. The summed E-state index contributed by atoms with van der Waals surface area (Å²) in [5.41, 5.74) is 0.403. The molecule has 1 atom stereocenters. The number of rotatable bonds is 1. The Kier molecular flexibility index (Phi) is 2.45. The number of hydrogen-bond acceptors (Lipinski definition) is 3. The van der Waals surface area contributed by atoms with Crippen LogP contribution in [0.5, 0.6) is 0 Å². The van der Waals surface area contributed by atoms with Gasteiger partial charge in [-0.3, -0.25) is 0 Å². The van der Waals surface area contributed by atoms with Crippen molar-refractivity contribution in [3.05, 3.63) is 0 Å². The van der Waals surface area contributed by atoms with E-state index < -0.39 is 10.2 Å². The number of hydrogen-bond donors (Lipinski definition) is 1. The third-order valence-electron chi connectivity index (χ3n) is 1.73. The standard InChI is InChI=1S/C6H9N3O2S/c7-4-5-2-1-3-6(5)9-12(8,10)11/h5H,1-3H2,(H2,8,10,11). The van der Waals surface area contributed by atoms with Crippen LogP contribution in [0.3, 0.4) is 0 Å². The Bertz CT molecular complexity index is 338. The minimum atomic E-state index is -3.81. The van der Waals surface area contributed by atoms with Crippen molar-refractivity contribution >= 4 is 15.9 Å².